The lowest BCUT2D eigenvalue weighted by molar-refractivity contribution is 0.660. The molecule has 1 nitrogen and oxygen atoms in total. The highest BCUT2D eigenvalue weighted by Crippen LogP contribution is 2.51. The molecule has 0 aliphatic heterocycles. The van der Waals surface area contributed by atoms with Gasteiger partial charge in [-0.2, -0.15) is 0 Å². The van der Waals surface area contributed by atoms with E-state index in [0.29, 0.717) is 0 Å². The van der Waals surface area contributed by atoms with E-state index in [0.717, 1.165) is 17.1 Å². The first-order valence-electron chi connectivity index (χ1n) is 20.3. The fourth-order valence-electron chi connectivity index (χ4n) is 9.50. The van der Waals surface area contributed by atoms with Crippen molar-refractivity contribution < 1.29 is 0 Å². The quantitative estimate of drug-likeness (QED) is 0.154. The van der Waals surface area contributed by atoms with E-state index in [1.165, 1.54) is 88.0 Å². The molecule has 10 aromatic carbocycles. The number of rotatable bonds is 6. The molecule has 1 aliphatic carbocycles. The number of benzene rings is 10. The zero-order valence-corrected chi connectivity index (χ0v) is 32.7. The summed E-state index contributed by atoms with van der Waals surface area (Å²) in [5.74, 6) is 0. The van der Waals surface area contributed by atoms with Gasteiger partial charge in [0.05, 0.1) is 5.69 Å². The molecule has 1 aliphatic rings. The minimum Gasteiger partial charge on any atom is -0.310 e. The molecule has 0 aromatic heterocycles. The average molecular weight is 740 g/mol. The van der Waals surface area contributed by atoms with Crippen LogP contribution in [0.5, 0.6) is 0 Å². The van der Waals surface area contributed by atoms with Crippen LogP contribution in [0.2, 0.25) is 0 Å². The largest absolute Gasteiger partial charge is 0.310 e. The summed E-state index contributed by atoms with van der Waals surface area (Å²) in [6.07, 6.45) is 0. The van der Waals surface area contributed by atoms with Gasteiger partial charge in [-0.25, -0.2) is 0 Å². The smallest absolute Gasteiger partial charge is 0.0540 e. The summed E-state index contributed by atoms with van der Waals surface area (Å²) in [4.78, 5) is 2.45. The number of para-hydroxylation sites is 1. The van der Waals surface area contributed by atoms with Crippen molar-refractivity contribution in [1.82, 2.24) is 0 Å². The van der Waals surface area contributed by atoms with Gasteiger partial charge in [0.2, 0.25) is 0 Å². The van der Waals surface area contributed by atoms with Crippen LogP contribution in [0.15, 0.2) is 212 Å². The van der Waals surface area contributed by atoms with E-state index in [2.05, 4.69) is 231 Å². The molecule has 58 heavy (non-hydrogen) atoms. The fourth-order valence-corrected chi connectivity index (χ4v) is 9.50. The Balaban J connectivity index is 1.05. The third-order valence-electron chi connectivity index (χ3n) is 12.4. The van der Waals surface area contributed by atoms with Crippen LogP contribution in [-0.2, 0) is 5.41 Å². The van der Waals surface area contributed by atoms with E-state index in [4.69, 9.17) is 0 Å². The highest BCUT2D eigenvalue weighted by Gasteiger charge is 2.36. The van der Waals surface area contributed by atoms with Gasteiger partial charge in [-0.15, -0.1) is 0 Å². The Kier molecular flexibility index (Phi) is 7.91. The lowest BCUT2D eigenvalue weighted by atomic mass is 9.82. The Morgan fingerprint density at radius 2 is 0.879 bits per heavy atom. The maximum Gasteiger partial charge on any atom is 0.0540 e. The van der Waals surface area contributed by atoms with Gasteiger partial charge < -0.3 is 4.90 Å². The Labute approximate surface area is 340 Å². The summed E-state index contributed by atoms with van der Waals surface area (Å²) in [6, 6.07) is 78.3. The summed E-state index contributed by atoms with van der Waals surface area (Å²) in [6.45, 7) is 4.72. The van der Waals surface area contributed by atoms with Gasteiger partial charge in [-0.3, -0.25) is 0 Å². The zero-order chi connectivity index (χ0) is 38.8. The van der Waals surface area contributed by atoms with Crippen LogP contribution in [0.4, 0.5) is 17.1 Å². The topological polar surface area (TPSA) is 3.24 Å². The van der Waals surface area contributed by atoms with Gasteiger partial charge in [0.1, 0.15) is 0 Å². The number of anilines is 3. The van der Waals surface area contributed by atoms with Crippen LogP contribution in [0.25, 0.3) is 76.8 Å². The van der Waals surface area contributed by atoms with Crippen molar-refractivity contribution in [3.05, 3.63) is 223 Å². The number of nitrogens with zero attached hydrogens (tertiary/aromatic N) is 1. The predicted octanol–water partition coefficient (Wildman–Crippen LogP) is 15.9. The summed E-state index contributed by atoms with van der Waals surface area (Å²) >= 11 is 0. The minimum atomic E-state index is -0.120. The Bertz CT molecular complexity index is 3200. The van der Waals surface area contributed by atoms with Gasteiger partial charge in [-0.05, 0) is 125 Å². The molecule has 0 saturated carbocycles. The van der Waals surface area contributed by atoms with Gasteiger partial charge in [-0.1, -0.05) is 184 Å². The van der Waals surface area contributed by atoms with Crippen molar-refractivity contribution in [1.29, 1.82) is 0 Å². The third kappa shape index (κ3) is 5.54. The molecular formula is C57H41N. The van der Waals surface area contributed by atoms with Crippen LogP contribution in [-0.4, -0.2) is 0 Å². The second-order valence-corrected chi connectivity index (χ2v) is 16.1. The van der Waals surface area contributed by atoms with E-state index in [-0.39, 0.29) is 5.41 Å². The first-order valence-corrected chi connectivity index (χ1v) is 20.3. The average Bonchev–Trinajstić information content (AvgIpc) is 3.51. The molecule has 0 fully saturated rings. The number of hydrogen-bond acceptors (Lipinski definition) is 1. The molecule has 0 radical (unpaired) electrons. The summed E-state index contributed by atoms with van der Waals surface area (Å²) in [5.41, 5.74) is 15.9. The molecule has 11 rings (SSSR count). The van der Waals surface area contributed by atoms with E-state index in [1.54, 1.807) is 0 Å². The SMILES string of the molecule is CC1(C)c2ccccc2-c2ccc(N(c3ccc(-c4ccc5c(ccc6ccccc65)c4)cc3)c3ccccc3-c3cccc(-c4cccc5ccccc45)c3)cc21. The highest BCUT2D eigenvalue weighted by atomic mass is 15.1. The molecule has 0 amide bonds. The molecule has 0 spiro atoms. The van der Waals surface area contributed by atoms with Crippen molar-refractivity contribution >= 4 is 49.4 Å². The highest BCUT2D eigenvalue weighted by molar-refractivity contribution is 6.08. The molecule has 0 atom stereocenters. The van der Waals surface area contributed by atoms with Gasteiger partial charge in [0.15, 0.2) is 0 Å². The summed E-state index contributed by atoms with van der Waals surface area (Å²) in [5, 5.41) is 7.61. The van der Waals surface area contributed by atoms with E-state index < -0.39 is 0 Å². The first-order chi connectivity index (χ1) is 28.5. The van der Waals surface area contributed by atoms with Crippen LogP contribution >= 0.6 is 0 Å². The number of hydrogen-bond donors (Lipinski definition) is 0. The Morgan fingerprint density at radius 3 is 1.72 bits per heavy atom. The molecule has 10 aromatic rings. The Morgan fingerprint density at radius 1 is 0.310 bits per heavy atom. The van der Waals surface area contributed by atoms with E-state index >= 15 is 0 Å². The van der Waals surface area contributed by atoms with Crippen LogP contribution in [0, 0.1) is 0 Å². The molecule has 0 saturated heterocycles. The third-order valence-corrected chi connectivity index (χ3v) is 12.4. The fraction of sp³-hybridized carbons (Fsp3) is 0.0526. The van der Waals surface area contributed by atoms with Crippen molar-refractivity contribution in [2.24, 2.45) is 0 Å². The van der Waals surface area contributed by atoms with Gasteiger partial charge in [0.25, 0.3) is 0 Å². The summed E-state index contributed by atoms with van der Waals surface area (Å²) in [7, 11) is 0. The second kappa shape index (κ2) is 13.5. The van der Waals surface area contributed by atoms with Crippen LogP contribution < -0.4 is 4.90 Å². The van der Waals surface area contributed by atoms with Crippen LogP contribution in [0.3, 0.4) is 0 Å². The minimum absolute atomic E-state index is 0.120. The van der Waals surface area contributed by atoms with Crippen molar-refractivity contribution in [3.63, 3.8) is 0 Å². The standard InChI is InChI=1S/C57H41N/c1-57(2)54-23-9-7-21-52(54)53-34-32-46(37-55(53)57)58(45-30-27-38(28-31-45)41-29-33-50-44(35-41)26-25-40-14-4-6-19-48(40)50)56-24-10-8-20-51(56)43-17-11-16-42(36-43)49-22-12-15-39-13-3-5-18-47(39)49/h3-37H,1-2H3. The van der Waals surface area contributed by atoms with Crippen molar-refractivity contribution in [2.45, 2.75) is 19.3 Å². The van der Waals surface area contributed by atoms with E-state index in [1.807, 2.05) is 0 Å². The molecule has 0 unspecified atom stereocenters. The first kappa shape index (κ1) is 34.1. The summed E-state index contributed by atoms with van der Waals surface area (Å²) < 4.78 is 0. The maximum atomic E-state index is 2.45. The zero-order valence-electron chi connectivity index (χ0n) is 32.7. The lowest BCUT2D eigenvalue weighted by Gasteiger charge is -2.30. The maximum absolute atomic E-state index is 2.45. The van der Waals surface area contributed by atoms with Crippen molar-refractivity contribution in [2.75, 3.05) is 4.90 Å². The van der Waals surface area contributed by atoms with Gasteiger partial charge >= 0.3 is 0 Å². The monoisotopic (exact) mass is 739 g/mol. The van der Waals surface area contributed by atoms with Gasteiger partial charge in [0, 0.05) is 22.4 Å². The van der Waals surface area contributed by atoms with E-state index in [9.17, 15) is 0 Å². The lowest BCUT2D eigenvalue weighted by Crippen LogP contribution is -2.16. The predicted molar refractivity (Wildman–Crippen MR) is 248 cm³/mol. The normalized spacial score (nSPS) is 12.8. The molecule has 274 valence electrons. The molecule has 0 N–H and O–H groups in total. The molecular weight excluding hydrogens is 699 g/mol. The van der Waals surface area contributed by atoms with Crippen molar-refractivity contribution in [3.8, 4) is 44.5 Å². The molecule has 0 bridgehead atoms. The Hall–Kier alpha value is -7.22. The molecule has 1 heteroatoms. The molecule has 0 heterocycles. The number of fused-ring (bicyclic) bond motifs is 7. The second-order valence-electron chi connectivity index (χ2n) is 16.1. The van der Waals surface area contributed by atoms with Crippen LogP contribution in [0.1, 0.15) is 25.0 Å².